The summed E-state index contributed by atoms with van der Waals surface area (Å²) in [5.74, 6) is -1.18. The topological polar surface area (TPSA) is 87.3 Å². The van der Waals surface area contributed by atoms with E-state index in [-0.39, 0.29) is 12.5 Å². The minimum absolute atomic E-state index is 0.245. The Morgan fingerprint density at radius 2 is 1.70 bits per heavy atom. The zero-order valence-corrected chi connectivity index (χ0v) is 15.9. The van der Waals surface area contributed by atoms with Crippen LogP contribution in [0.4, 0.5) is 5.69 Å². The Hall–Kier alpha value is -2.90. The van der Waals surface area contributed by atoms with Crippen LogP contribution in [0.5, 0.6) is 0 Å². The van der Waals surface area contributed by atoms with Gasteiger partial charge in [0.05, 0.1) is 22.8 Å². The van der Waals surface area contributed by atoms with Gasteiger partial charge in [-0.1, -0.05) is 41.9 Å². The van der Waals surface area contributed by atoms with Crippen molar-refractivity contribution in [3.8, 4) is 0 Å². The number of thiophene rings is 1. The Morgan fingerprint density at radius 1 is 1.00 bits per heavy atom. The van der Waals surface area contributed by atoms with Crippen molar-refractivity contribution in [2.24, 2.45) is 0 Å². The lowest BCUT2D eigenvalue weighted by molar-refractivity contribution is -0.115. The van der Waals surface area contributed by atoms with Gasteiger partial charge in [0.1, 0.15) is 4.88 Å². The number of fused-ring (bicyclic) bond motifs is 1. The average molecular weight is 402 g/mol. The van der Waals surface area contributed by atoms with Gasteiger partial charge in [-0.15, -0.1) is 11.3 Å². The summed E-state index contributed by atoms with van der Waals surface area (Å²) in [5, 5.41) is 8.88. The highest BCUT2D eigenvalue weighted by atomic mass is 35.5. The van der Waals surface area contributed by atoms with Crippen LogP contribution in [-0.2, 0) is 4.79 Å². The summed E-state index contributed by atoms with van der Waals surface area (Å²) in [6, 6.07) is 14.1. The van der Waals surface area contributed by atoms with E-state index in [1.165, 1.54) is 18.4 Å². The standard InChI is InChI=1S/C19H16ClN3O3S/c1-21-18(25)11-6-2-4-8-13(11)23-15(24)10-22-19(26)17-16(20)12-7-3-5-9-14(12)27-17/h2-9H,10H2,1H3,(H,21,25)(H,22,26)(H,23,24). The quantitative estimate of drug-likeness (QED) is 0.613. The summed E-state index contributed by atoms with van der Waals surface area (Å²) in [4.78, 5) is 36.8. The second-order valence-corrected chi connectivity index (χ2v) is 7.03. The minimum atomic E-state index is -0.447. The molecule has 0 spiro atoms. The molecule has 3 N–H and O–H groups in total. The number of anilines is 1. The third-order valence-corrected chi connectivity index (χ3v) is 5.50. The lowest BCUT2D eigenvalue weighted by atomic mass is 10.1. The molecule has 0 fully saturated rings. The van der Waals surface area contributed by atoms with Gasteiger partial charge in [0.25, 0.3) is 11.8 Å². The number of hydrogen-bond donors (Lipinski definition) is 3. The van der Waals surface area contributed by atoms with Crippen LogP contribution in [0, 0.1) is 0 Å². The normalized spacial score (nSPS) is 10.4. The first-order valence-corrected chi connectivity index (χ1v) is 9.27. The second-order valence-electron chi connectivity index (χ2n) is 5.60. The number of amides is 3. The third-order valence-electron chi connectivity index (χ3n) is 3.82. The summed E-state index contributed by atoms with van der Waals surface area (Å²) in [6.07, 6.45) is 0. The van der Waals surface area contributed by atoms with Gasteiger partial charge in [0.2, 0.25) is 5.91 Å². The molecule has 0 unspecified atom stereocenters. The molecule has 138 valence electrons. The van der Waals surface area contributed by atoms with Crippen LogP contribution in [0.1, 0.15) is 20.0 Å². The van der Waals surface area contributed by atoms with Gasteiger partial charge in [-0.2, -0.15) is 0 Å². The van der Waals surface area contributed by atoms with Crippen LogP contribution in [0.15, 0.2) is 48.5 Å². The maximum atomic E-state index is 12.4. The molecule has 27 heavy (non-hydrogen) atoms. The predicted molar refractivity (Wildman–Crippen MR) is 108 cm³/mol. The monoisotopic (exact) mass is 401 g/mol. The summed E-state index contributed by atoms with van der Waals surface area (Å²) in [6.45, 7) is -0.245. The number of benzene rings is 2. The number of rotatable bonds is 5. The first-order chi connectivity index (χ1) is 13.0. The molecule has 6 nitrogen and oxygen atoms in total. The summed E-state index contributed by atoms with van der Waals surface area (Å²) < 4.78 is 0.900. The Morgan fingerprint density at radius 3 is 2.44 bits per heavy atom. The average Bonchev–Trinajstić information content (AvgIpc) is 3.03. The highest BCUT2D eigenvalue weighted by Gasteiger charge is 2.18. The van der Waals surface area contributed by atoms with Crippen LogP contribution >= 0.6 is 22.9 Å². The number of hydrogen-bond acceptors (Lipinski definition) is 4. The van der Waals surface area contributed by atoms with Crippen molar-refractivity contribution in [2.75, 3.05) is 18.9 Å². The number of halogens is 1. The molecular weight excluding hydrogens is 386 g/mol. The Kier molecular flexibility index (Phi) is 5.73. The van der Waals surface area contributed by atoms with Crippen molar-refractivity contribution >= 4 is 56.4 Å². The molecule has 1 aromatic heterocycles. The Bertz CT molecular complexity index is 1030. The van der Waals surface area contributed by atoms with Gasteiger partial charge in [-0.3, -0.25) is 14.4 Å². The van der Waals surface area contributed by atoms with E-state index in [0.717, 1.165) is 10.1 Å². The molecule has 0 aliphatic carbocycles. The molecule has 8 heteroatoms. The van der Waals surface area contributed by atoms with Crippen molar-refractivity contribution in [3.05, 3.63) is 64.0 Å². The highest BCUT2D eigenvalue weighted by molar-refractivity contribution is 7.21. The maximum absolute atomic E-state index is 12.4. The molecule has 0 saturated carbocycles. The molecule has 0 radical (unpaired) electrons. The zero-order valence-electron chi connectivity index (χ0n) is 14.3. The molecule has 1 heterocycles. The zero-order chi connectivity index (χ0) is 19.4. The van der Waals surface area contributed by atoms with Crippen LogP contribution in [0.3, 0.4) is 0 Å². The van der Waals surface area contributed by atoms with Crippen LogP contribution in [0.2, 0.25) is 5.02 Å². The van der Waals surface area contributed by atoms with Crippen LogP contribution in [-0.4, -0.2) is 31.3 Å². The largest absolute Gasteiger partial charge is 0.355 e. The summed E-state index contributed by atoms with van der Waals surface area (Å²) >= 11 is 7.54. The Balaban J connectivity index is 1.66. The lowest BCUT2D eigenvalue weighted by Gasteiger charge is -2.10. The van der Waals surface area contributed by atoms with E-state index in [9.17, 15) is 14.4 Å². The van der Waals surface area contributed by atoms with Gasteiger partial charge in [0.15, 0.2) is 0 Å². The van der Waals surface area contributed by atoms with E-state index in [4.69, 9.17) is 11.6 Å². The Labute approximate surface area is 164 Å². The fourth-order valence-corrected chi connectivity index (χ4v) is 3.95. The van der Waals surface area contributed by atoms with E-state index in [1.807, 2.05) is 24.3 Å². The van der Waals surface area contributed by atoms with E-state index < -0.39 is 11.8 Å². The third kappa shape index (κ3) is 4.10. The number of carbonyl (C=O) groups is 3. The van der Waals surface area contributed by atoms with Crippen molar-refractivity contribution in [1.82, 2.24) is 10.6 Å². The molecule has 0 aliphatic rings. The van der Waals surface area contributed by atoms with Crippen LogP contribution in [0.25, 0.3) is 10.1 Å². The van der Waals surface area contributed by atoms with Crippen molar-refractivity contribution in [2.45, 2.75) is 0 Å². The molecule has 2 aromatic carbocycles. The van der Waals surface area contributed by atoms with Gasteiger partial charge in [-0.05, 0) is 18.2 Å². The maximum Gasteiger partial charge on any atom is 0.263 e. The van der Waals surface area contributed by atoms with E-state index in [0.29, 0.717) is 21.2 Å². The van der Waals surface area contributed by atoms with E-state index >= 15 is 0 Å². The van der Waals surface area contributed by atoms with Crippen molar-refractivity contribution in [1.29, 1.82) is 0 Å². The number of carbonyl (C=O) groups excluding carboxylic acids is 3. The molecule has 3 amide bonds. The summed E-state index contributed by atoms with van der Waals surface area (Å²) in [5.41, 5.74) is 0.711. The SMILES string of the molecule is CNC(=O)c1ccccc1NC(=O)CNC(=O)c1sc2ccccc2c1Cl. The lowest BCUT2D eigenvalue weighted by Crippen LogP contribution is -2.33. The molecular formula is C19H16ClN3O3S. The fourth-order valence-electron chi connectivity index (χ4n) is 2.52. The van der Waals surface area contributed by atoms with Gasteiger partial charge >= 0.3 is 0 Å². The molecule has 0 saturated heterocycles. The van der Waals surface area contributed by atoms with E-state index in [2.05, 4.69) is 16.0 Å². The van der Waals surface area contributed by atoms with Gasteiger partial charge < -0.3 is 16.0 Å². The molecule has 3 rings (SSSR count). The molecule has 3 aromatic rings. The molecule has 0 atom stereocenters. The fraction of sp³-hybridized carbons (Fsp3) is 0.105. The minimum Gasteiger partial charge on any atom is -0.355 e. The first-order valence-electron chi connectivity index (χ1n) is 8.07. The van der Waals surface area contributed by atoms with Crippen molar-refractivity contribution < 1.29 is 14.4 Å². The number of para-hydroxylation sites is 1. The number of nitrogens with one attached hydrogen (secondary N) is 3. The van der Waals surface area contributed by atoms with Gasteiger partial charge in [-0.25, -0.2) is 0 Å². The highest BCUT2D eigenvalue weighted by Crippen LogP contribution is 2.34. The molecule has 0 aliphatic heterocycles. The molecule has 0 bridgehead atoms. The van der Waals surface area contributed by atoms with Gasteiger partial charge in [0, 0.05) is 17.1 Å². The van der Waals surface area contributed by atoms with Crippen molar-refractivity contribution in [3.63, 3.8) is 0 Å². The van der Waals surface area contributed by atoms with Crippen LogP contribution < -0.4 is 16.0 Å². The first kappa shape index (κ1) is 18.9. The second kappa shape index (κ2) is 8.20. The predicted octanol–water partition coefficient (Wildman–Crippen LogP) is 3.28. The summed E-state index contributed by atoms with van der Waals surface area (Å²) in [7, 11) is 1.51. The van der Waals surface area contributed by atoms with E-state index in [1.54, 1.807) is 24.3 Å². The smallest absolute Gasteiger partial charge is 0.263 e.